The molecule has 1 saturated heterocycles. The van der Waals surface area contributed by atoms with Gasteiger partial charge in [0, 0.05) is 38.6 Å². The van der Waals surface area contributed by atoms with E-state index >= 15 is 0 Å². The molecular weight excluding hydrogens is 427 g/mol. The molecule has 2 aliphatic rings. The molecule has 3 atom stereocenters. The summed E-state index contributed by atoms with van der Waals surface area (Å²) in [7, 11) is 0. The number of hydrogen-bond acceptors (Lipinski definition) is 2. The van der Waals surface area contributed by atoms with Crippen molar-refractivity contribution in [2.75, 3.05) is 26.2 Å². The van der Waals surface area contributed by atoms with Gasteiger partial charge in [0.25, 0.3) is 0 Å². The maximum Gasteiger partial charge on any atom is 0.222 e. The largest absolute Gasteiger partial charge is 0.357 e. The molecule has 146 valence electrons. The Bertz CT molecular complexity index is 430. The average Bonchev–Trinajstić information content (AvgIpc) is 3.03. The van der Waals surface area contributed by atoms with Crippen LogP contribution in [0.4, 0.5) is 0 Å². The Morgan fingerprint density at radius 3 is 2.72 bits per heavy atom. The van der Waals surface area contributed by atoms with Crippen LogP contribution in [-0.4, -0.2) is 49.0 Å². The van der Waals surface area contributed by atoms with Gasteiger partial charge in [-0.2, -0.15) is 0 Å². The van der Waals surface area contributed by atoms with Crippen molar-refractivity contribution in [2.45, 2.75) is 71.8 Å². The van der Waals surface area contributed by atoms with E-state index in [1.807, 2.05) is 11.8 Å². The Balaban J connectivity index is 0.00000312. The molecule has 5 nitrogen and oxygen atoms in total. The number of amides is 1. The van der Waals surface area contributed by atoms with Gasteiger partial charge in [-0.25, -0.2) is 0 Å². The van der Waals surface area contributed by atoms with E-state index in [9.17, 15) is 4.79 Å². The molecule has 2 N–H and O–H groups in total. The van der Waals surface area contributed by atoms with Crippen molar-refractivity contribution < 1.29 is 4.79 Å². The molecule has 25 heavy (non-hydrogen) atoms. The van der Waals surface area contributed by atoms with Gasteiger partial charge in [0.05, 0.1) is 0 Å². The van der Waals surface area contributed by atoms with E-state index in [1.54, 1.807) is 0 Å². The summed E-state index contributed by atoms with van der Waals surface area (Å²) >= 11 is 0. The van der Waals surface area contributed by atoms with Crippen molar-refractivity contribution in [1.82, 2.24) is 15.5 Å². The molecule has 2 rings (SSSR count). The van der Waals surface area contributed by atoms with Crippen LogP contribution in [0, 0.1) is 11.8 Å². The van der Waals surface area contributed by atoms with Crippen molar-refractivity contribution >= 4 is 35.8 Å². The summed E-state index contributed by atoms with van der Waals surface area (Å²) in [5.74, 6) is 2.91. The second kappa shape index (κ2) is 12.0. The van der Waals surface area contributed by atoms with Crippen LogP contribution >= 0.6 is 24.0 Å². The predicted octanol–water partition coefficient (Wildman–Crippen LogP) is 3.39. The Kier molecular flexibility index (Phi) is 10.8. The summed E-state index contributed by atoms with van der Waals surface area (Å²) in [6, 6.07) is 0.327. The average molecular weight is 464 g/mol. The number of rotatable bonds is 6. The highest BCUT2D eigenvalue weighted by Crippen LogP contribution is 2.30. The number of carbonyl (C=O) groups is 1. The number of guanidine groups is 1. The lowest BCUT2D eigenvalue weighted by atomic mass is 9.81. The molecule has 3 unspecified atom stereocenters. The van der Waals surface area contributed by atoms with Crippen LogP contribution in [0.2, 0.25) is 0 Å². The van der Waals surface area contributed by atoms with Crippen LogP contribution in [0.1, 0.15) is 65.7 Å². The third kappa shape index (κ3) is 7.71. The minimum Gasteiger partial charge on any atom is -0.357 e. The van der Waals surface area contributed by atoms with E-state index in [-0.39, 0.29) is 29.9 Å². The van der Waals surface area contributed by atoms with Crippen molar-refractivity contribution in [3.8, 4) is 0 Å². The minimum atomic E-state index is 0. The second-order valence-corrected chi connectivity index (χ2v) is 7.51. The van der Waals surface area contributed by atoms with E-state index in [0.29, 0.717) is 12.5 Å². The van der Waals surface area contributed by atoms with E-state index in [4.69, 9.17) is 4.99 Å². The molecule has 1 amide bonds. The molecule has 0 aromatic carbocycles. The highest BCUT2D eigenvalue weighted by Gasteiger charge is 2.25. The number of likely N-dealkylation sites (tertiary alicyclic amines) is 1. The zero-order valence-corrected chi connectivity index (χ0v) is 18.6. The molecular formula is C19H37IN4O. The number of aliphatic imine (C=N–C) groups is 1. The van der Waals surface area contributed by atoms with Crippen LogP contribution < -0.4 is 10.6 Å². The number of nitrogens with zero attached hydrogens (tertiary/aromatic N) is 2. The topological polar surface area (TPSA) is 56.7 Å². The lowest BCUT2D eigenvalue weighted by Crippen LogP contribution is -2.45. The van der Waals surface area contributed by atoms with Crippen LogP contribution in [-0.2, 0) is 4.79 Å². The Morgan fingerprint density at radius 1 is 1.24 bits per heavy atom. The first-order chi connectivity index (χ1) is 11.6. The van der Waals surface area contributed by atoms with Gasteiger partial charge in [0.1, 0.15) is 0 Å². The van der Waals surface area contributed by atoms with Gasteiger partial charge in [0.15, 0.2) is 5.96 Å². The quantitative estimate of drug-likeness (QED) is 0.360. The maximum atomic E-state index is 11.8. The first-order valence-corrected chi connectivity index (χ1v) is 9.95. The zero-order chi connectivity index (χ0) is 17.4. The molecule has 1 heterocycles. The van der Waals surface area contributed by atoms with Gasteiger partial charge in [-0.05, 0) is 38.0 Å². The highest BCUT2D eigenvalue weighted by molar-refractivity contribution is 14.0. The van der Waals surface area contributed by atoms with Crippen molar-refractivity contribution in [1.29, 1.82) is 0 Å². The summed E-state index contributed by atoms with van der Waals surface area (Å²) in [6.07, 6.45) is 8.34. The van der Waals surface area contributed by atoms with E-state index < -0.39 is 0 Å². The van der Waals surface area contributed by atoms with E-state index in [1.165, 1.54) is 32.1 Å². The van der Waals surface area contributed by atoms with Crippen LogP contribution in [0.15, 0.2) is 4.99 Å². The van der Waals surface area contributed by atoms with Gasteiger partial charge in [-0.3, -0.25) is 9.79 Å². The lowest BCUT2D eigenvalue weighted by Gasteiger charge is -2.26. The minimum absolute atomic E-state index is 0. The molecule has 1 aliphatic carbocycles. The SMILES string of the molecule is CCNC(=NCCC1CCCC(C)C1)NC1CCN(C(=O)CC)C1.I. The van der Waals surface area contributed by atoms with Gasteiger partial charge in [-0.1, -0.05) is 33.1 Å². The molecule has 2 fully saturated rings. The van der Waals surface area contributed by atoms with Gasteiger partial charge in [-0.15, -0.1) is 24.0 Å². The molecule has 0 radical (unpaired) electrons. The smallest absolute Gasteiger partial charge is 0.222 e. The normalized spacial score (nSPS) is 26.9. The summed E-state index contributed by atoms with van der Waals surface area (Å²) < 4.78 is 0. The van der Waals surface area contributed by atoms with Crippen molar-refractivity contribution in [3.63, 3.8) is 0 Å². The fourth-order valence-corrected chi connectivity index (χ4v) is 4.02. The summed E-state index contributed by atoms with van der Waals surface area (Å²) in [6.45, 7) is 9.85. The number of hydrogen-bond donors (Lipinski definition) is 2. The lowest BCUT2D eigenvalue weighted by molar-refractivity contribution is -0.129. The molecule has 0 aromatic heterocycles. The monoisotopic (exact) mass is 464 g/mol. The Hall–Kier alpha value is -0.530. The van der Waals surface area contributed by atoms with Crippen LogP contribution in [0.3, 0.4) is 0 Å². The number of carbonyl (C=O) groups excluding carboxylic acids is 1. The first kappa shape index (κ1) is 22.5. The first-order valence-electron chi connectivity index (χ1n) is 9.95. The van der Waals surface area contributed by atoms with Crippen LogP contribution in [0.5, 0.6) is 0 Å². The van der Waals surface area contributed by atoms with Gasteiger partial charge in [0.2, 0.25) is 5.91 Å². The second-order valence-electron chi connectivity index (χ2n) is 7.51. The summed E-state index contributed by atoms with van der Waals surface area (Å²) in [5.41, 5.74) is 0. The van der Waals surface area contributed by atoms with Crippen molar-refractivity contribution in [3.05, 3.63) is 0 Å². The predicted molar refractivity (Wildman–Crippen MR) is 116 cm³/mol. The van der Waals surface area contributed by atoms with E-state index in [2.05, 4.69) is 24.5 Å². The molecule has 0 spiro atoms. The standard InChI is InChI=1S/C19H36N4O.HI/c1-4-18(24)23-12-10-17(14-23)22-19(20-5-2)21-11-9-16-8-6-7-15(3)13-16;/h15-17H,4-14H2,1-3H3,(H2,20,21,22);1H. The van der Waals surface area contributed by atoms with Gasteiger partial charge < -0.3 is 15.5 Å². The number of nitrogens with one attached hydrogen (secondary N) is 2. The summed E-state index contributed by atoms with van der Waals surface area (Å²) in [4.78, 5) is 18.5. The van der Waals surface area contributed by atoms with Gasteiger partial charge >= 0.3 is 0 Å². The molecule has 1 saturated carbocycles. The number of halogens is 1. The summed E-state index contributed by atoms with van der Waals surface area (Å²) in [5, 5.41) is 6.87. The molecule has 1 aliphatic heterocycles. The third-order valence-electron chi connectivity index (χ3n) is 5.38. The zero-order valence-electron chi connectivity index (χ0n) is 16.2. The van der Waals surface area contributed by atoms with E-state index in [0.717, 1.165) is 50.4 Å². The maximum absolute atomic E-state index is 11.8. The Morgan fingerprint density at radius 2 is 2.04 bits per heavy atom. The Labute approximate surface area is 170 Å². The van der Waals surface area contributed by atoms with Crippen molar-refractivity contribution in [2.24, 2.45) is 16.8 Å². The molecule has 0 bridgehead atoms. The highest BCUT2D eigenvalue weighted by atomic mass is 127. The third-order valence-corrected chi connectivity index (χ3v) is 5.38. The molecule has 6 heteroatoms. The fourth-order valence-electron chi connectivity index (χ4n) is 4.02. The van der Waals surface area contributed by atoms with Crippen LogP contribution in [0.25, 0.3) is 0 Å². The molecule has 0 aromatic rings. The fraction of sp³-hybridized carbons (Fsp3) is 0.895.